The Balaban J connectivity index is 0.000000254. The van der Waals surface area contributed by atoms with Gasteiger partial charge in [-0.05, 0) is 105 Å². The fraction of sp³-hybridized carbons (Fsp3) is 0.217. The maximum atomic E-state index is 12.4. The third-order valence-corrected chi connectivity index (χ3v) is 11.5. The Morgan fingerprint density at radius 2 is 0.915 bits per heavy atom. The predicted molar refractivity (Wildman–Crippen MR) is 229 cm³/mol. The van der Waals surface area contributed by atoms with Gasteiger partial charge in [0.15, 0.2) is 19.7 Å². The molecule has 0 fully saturated rings. The van der Waals surface area contributed by atoms with Gasteiger partial charge < -0.3 is 25.2 Å². The first-order chi connectivity index (χ1) is 28.3. The predicted octanol–water partition coefficient (Wildman–Crippen LogP) is 6.93. The van der Waals surface area contributed by atoms with Crippen molar-refractivity contribution in [3.05, 3.63) is 155 Å². The average Bonchev–Trinajstić information content (AvgIpc) is 3.24. The number of sulfone groups is 2. The molecule has 0 aliphatic carbocycles. The van der Waals surface area contributed by atoms with E-state index in [1.165, 1.54) is 30.7 Å². The second-order valence-electron chi connectivity index (χ2n) is 13.6. The topological polar surface area (TPSA) is 193 Å². The van der Waals surface area contributed by atoms with Crippen molar-refractivity contribution in [1.29, 1.82) is 0 Å². The Bertz CT molecular complexity index is 2660. The molecule has 2 atom stereocenters. The number of hydrogen-bond donors (Lipinski definition) is 4. The normalized spacial score (nSPS) is 12.1. The van der Waals surface area contributed by atoms with Gasteiger partial charge in [0.1, 0.15) is 7.98 Å². The van der Waals surface area contributed by atoms with E-state index >= 15 is 0 Å². The van der Waals surface area contributed by atoms with Gasteiger partial charge in [-0.25, -0.2) is 16.8 Å². The van der Waals surface area contributed by atoms with E-state index < -0.39 is 37.5 Å². The number of rotatable bonds is 11. The van der Waals surface area contributed by atoms with Crippen molar-refractivity contribution in [2.24, 2.45) is 0 Å². The Morgan fingerprint density at radius 1 is 0.576 bits per heavy atom. The largest absolute Gasteiger partial charge is 0.481 e. The quantitative estimate of drug-likeness (QED) is 0.0781. The number of aliphatic hydroxyl groups excluding tert-OH is 3. The van der Waals surface area contributed by atoms with E-state index in [-0.39, 0.29) is 42.2 Å². The molecule has 4 N–H and O–H groups in total. The van der Waals surface area contributed by atoms with Crippen LogP contribution in [0.2, 0.25) is 0 Å². The molecule has 6 aromatic carbocycles. The van der Waals surface area contributed by atoms with Crippen LogP contribution in [0.3, 0.4) is 0 Å². The van der Waals surface area contributed by atoms with Crippen molar-refractivity contribution in [2.75, 3.05) is 12.5 Å². The molecule has 59 heavy (non-hydrogen) atoms. The number of esters is 1. The molecule has 0 saturated carbocycles. The number of carbonyl (C=O) groups excluding carboxylic acids is 1. The first-order valence-corrected chi connectivity index (χ1v) is 21.9. The van der Waals surface area contributed by atoms with E-state index in [2.05, 4.69) is 6.42 Å². The summed E-state index contributed by atoms with van der Waals surface area (Å²) in [5.74, 6) is -2.11. The molecular weight excluding hydrogens is 793 g/mol. The molecule has 0 aliphatic heterocycles. The van der Waals surface area contributed by atoms with Crippen molar-refractivity contribution in [3.63, 3.8) is 0 Å². The van der Waals surface area contributed by atoms with Crippen LogP contribution >= 0.6 is 0 Å². The first kappa shape index (κ1) is 45.8. The molecule has 0 spiro atoms. The first-order valence-electron chi connectivity index (χ1n) is 18.6. The maximum absolute atomic E-state index is 12.4. The summed E-state index contributed by atoms with van der Waals surface area (Å²) in [5.41, 5.74) is 4.78. The van der Waals surface area contributed by atoms with Gasteiger partial charge in [0, 0.05) is 12.5 Å². The van der Waals surface area contributed by atoms with Gasteiger partial charge in [0.2, 0.25) is 0 Å². The molecule has 0 aromatic heterocycles. The minimum atomic E-state index is -3.24. The number of carboxylic acids is 1. The van der Waals surface area contributed by atoms with Crippen LogP contribution in [0.15, 0.2) is 131 Å². The van der Waals surface area contributed by atoms with Gasteiger partial charge in [-0.2, -0.15) is 0 Å². The van der Waals surface area contributed by atoms with E-state index in [0.717, 1.165) is 61.9 Å². The summed E-state index contributed by atoms with van der Waals surface area (Å²) in [4.78, 5) is 23.8. The zero-order valence-electron chi connectivity index (χ0n) is 34.1. The Kier molecular flexibility index (Phi) is 16.9. The molecule has 13 heteroatoms. The fourth-order valence-corrected chi connectivity index (χ4v) is 6.86. The highest BCUT2D eigenvalue weighted by Crippen LogP contribution is 2.25. The van der Waals surface area contributed by atoms with Crippen LogP contribution in [0, 0.1) is 12.8 Å². The molecule has 0 amide bonds. The second kappa shape index (κ2) is 21.8. The lowest BCUT2D eigenvalue weighted by Crippen LogP contribution is -2.13. The van der Waals surface area contributed by atoms with Gasteiger partial charge >= 0.3 is 11.9 Å². The molecule has 0 saturated heterocycles. The van der Waals surface area contributed by atoms with Crippen LogP contribution in [0.25, 0.3) is 21.5 Å². The lowest BCUT2D eigenvalue weighted by molar-refractivity contribution is -0.146. The molecular formula is C46H48O11S2. The number of terminal acetylenes is 1. The number of benzene rings is 6. The molecule has 11 nitrogen and oxygen atoms in total. The standard InChI is InChI=1S/C22H22O5S.C14H14O3.C8H10O3S.C2H2/c1-15(18-7-8-19-11-17(13-23)3-6-20(19)12-18)22(24)27-14-16-4-9-21(10-5-16)28(2,25)26;1-9(14(16)17)11-4-5-12-6-10(8-15)2-3-13(12)7-11;1-12(10,11)8-4-2-7(6-9)3-5-8;1-2/h3-12,15,23H,13-14H2,1-2H3;2-7,9,15H,8H2,1H3,(H,16,17);2-5,9H,6H2,1H3;1-2H/i;;;1D. The number of aliphatic carboxylic acids is 1. The highest BCUT2D eigenvalue weighted by Gasteiger charge is 2.18. The third-order valence-electron chi connectivity index (χ3n) is 9.21. The zero-order valence-corrected chi connectivity index (χ0v) is 34.7. The molecule has 310 valence electrons. The van der Waals surface area contributed by atoms with Crippen LogP contribution in [0.1, 0.15) is 60.4 Å². The summed E-state index contributed by atoms with van der Waals surface area (Å²) in [6, 6.07) is 35.2. The van der Waals surface area contributed by atoms with Gasteiger partial charge in [-0.1, -0.05) is 84.9 Å². The van der Waals surface area contributed by atoms with Gasteiger partial charge in [-0.3, -0.25) is 9.59 Å². The lowest BCUT2D eigenvalue weighted by atomic mass is 9.97. The highest BCUT2D eigenvalue weighted by atomic mass is 32.2. The summed E-state index contributed by atoms with van der Waals surface area (Å²) < 4.78 is 56.0. The summed E-state index contributed by atoms with van der Waals surface area (Å²) in [6.07, 6.45) is 8.07. The third kappa shape index (κ3) is 13.9. The van der Waals surface area contributed by atoms with Crippen molar-refractivity contribution in [1.82, 2.24) is 0 Å². The Hall–Kier alpha value is -5.88. The summed E-state index contributed by atoms with van der Waals surface area (Å²) in [6.45, 7) is 3.49. The van der Waals surface area contributed by atoms with Gasteiger partial charge in [0.05, 0.1) is 41.4 Å². The summed E-state index contributed by atoms with van der Waals surface area (Å²) >= 11 is 0. The fourth-order valence-electron chi connectivity index (χ4n) is 5.60. The van der Waals surface area contributed by atoms with Crippen LogP contribution in [0.5, 0.6) is 0 Å². The maximum Gasteiger partial charge on any atom is 0.313 e. The molecule has 6 rings (SSSR count). The molecule has 2 unspecified atom stereocenters. The van der Waals surface area contributed by atoms with E-state index in [1.54, 1.807) is 38.1 Å². The SMILES string of the molecule is CC(C(=O)O)c1ccc2cc(CO)ccc2c1.CC(C(=O)OCc1ccc(S(C)(=O)=O)cc1)c1ccc2cc(CO)ccc2c1.CS(=O)(=O)c1ccc(CO)cc1.[2H]C#C. The monoisotopic (exact) mass is 841 g/mol. The Morgan fingerprint density at radius 3 is 1.29 bits per heavy atom. The van der Waals surface area contributed by atoms with E-state index in [1.807, 2.05) is 72.8 Å². The number of hydrogen-bond acceptors (Lipinski definition) is 10. The number of fused-ring (bicyclic) bond motifs is 2. The number of aliphatic hydroxyl groups is 3. The van der Waals surface area contributed by atoms with Crippen LogP contribution in [0.4, 0.5) is 0 Å². The van der Waals surface area contributed by atoms with E-state index in [4.69, 9.17) is 21.4 Å². The van der Waals surface area contributed by atoms with Crippen LogP contribution in [-0.4, -0.2) is 61.7 Å². The molecule has 0 radical (unpaired) electrons. The molecule has 6 aromatic rings. The number of ether oxygens (including phenoxy) is 1. The number of carboxylic acid groups (broad SMARTS) is 1. The molecule has 0 bridgehead atoms. The van der Waals surface area contributed by atoms with Crippen molar-refractivity contribution < 1.29 is 53.0 Å². The van der Waals surface area contributed by atoms with Crippen molar-refractivity contribution in [2.45, 2.75) is 61.9 Å². The van der Waals surface area contributed by atoms with E-state index in [9.17, 15) is 31.5 Å². The molecule has 0 aliphatic rings. The summed E-state index contributed by atoms with van der Waals surface area (Å²) in [7, 11) is -6.35. The molecule has 0 heterocycles. The van der Waals surface area contributed by atoms with Gasteiger partial charge in [0.25, 0.3) is 0 Å². The minimum Gasteiger partial charge on any atom is -0.481 e. The minimum absolute atomic E-state index is 0.00835. The second-order valence-corrected chi connectivity index (χ2v) is 17.6. The average molecular weight is 842 g/mol. The van der Waals surface area contributed by atoms with Crippen LogP contribution in [-0.2, 0) is 60.4 Å². The Labute approximate surface area is 346 Å². The smallest absolute Gasteiger partial charge is 0.313 e. The van der Waals surface area contributed by atoms with Crippen LogP contribution < -0.4 is 0 Å². The number of carbonyl (C=O) groups is 2. The highest BCUT2D eigenvalue weighted by molar-refractivity contribution is 7.91. The zero-order chi connectivity index (χ0) is 44.6. The van der Waals surface area contributed by atoms with E-state index in [0.29, 0.717) is 5.56 Å². The lowest BCUT2D eigenvalue weighted by Gasteiger charge is -2.13. The van der Waals surface area contributed by atoms with Gasteiger partial charge in [-0.15, -0.1) is 12.8 Å². The summed E-state index contributed by atoms with van der Waals surface area (Å²) in [5, 5.41) is 39.9. The van der Waals surface area contributed by atoms with Crippen molar-refractivity contribution in [3.8, 4) is 12.8 Å². The van der Waals surface area contributed by atoms with Crippen molar-refractivity contribution >= 4 is 53.2 Å².